The Bertz CT molecular complexity index is 1440. The lowest BCUT2D eigenvalue weighted by molar-refractivity contribution is -0.307. The van der Waals surface area contributed by atoms with E-state index in [4.69, 9.17) is 37.3 Å². The molecule has 0 aliphatic carbocycles. The molecule has 2 unspecified atom stereocenters. The molecule has 0 spiro atoms. The van der Waals surface area contributed by atoms with Gasteiger partial charge in [-0.2, -0.15) is 0 Å². The Hall–Kier alpha value is -2.92. The molecule has 1 saturated heterocycles. The molecule has 3 aromatic rings. The molecule has 1 aliphatic rings. The van der Waals surface area contributed by atoms with Crippen molar-refractivity contribution in [1.29, 1.82) is 0 Å². The van der Waals surface area contributed by atoms with Crippen molar-refractivity contribution in [2.75, 3.05) is 19.8 Å². The minimum atomic E-state index is -4.21. The number of phosphoric ester groups is 1. The Morgan fingerprint density at radius 3 is 1.63 bits per heavy atom. The maximum atomic E-state index is 14.3. The molecule has 10 nitrogen and oxygen atoms in total. The highest BCUT2D eigenvalue weighted by Gasteiger charge is 2.53. The molecular weight excluding hydrogens is 671 g/mol. The summed E-state index contributed by atoms with van der Waals surface area (Å²) in [5.41, 5.74) is 1.93. The summed E-state index contributed by atoms with van der Waals surface area (Å²) >= 11 is 0. The van der Waals surface area contributed by atoms with Crippen LogP contribution in [-0.4, -0.2) is 56.5 Å². The molecule has 3 aromatic carbocycles. The molecule has 51 heavy (non-hydrogen) atoms. The van der Waals surface area contributed by atoms with Crippen molar-refractivity contribution >= 4 is 13.8 Å². The number of esters is 1. The number of phosphoric acid groups is 1. The first-order chi connectivity index (χ1) is 24.6. The fraction of sp³-hybridized carbons (Fsp3) is 0.525. The van der Waals surface area contributed by atoms with Gasteiger partial charge in [-0.1, -0.05) is 118 Å². The highest BCUT2D eigenvalue weighted by molar-refractivity contribution is 7.48. The fourth-order valence-electron chi connectivity index (χ4n) is 5.18. The van der Waals surface area contributed by atoms with E-state index in [9.17, 15) is 9.36 Å². The minimum Gasteiger partial charge on any atom is -0.454 e. The molecule has 0 radical (unpaired) electrons. The maximum absolute atomic E-state index is 14.3. The number of ether oxygens (including phenoxy) is 5. The summed E-state index contributed by atoms with van der Waals surface area (Å²) in [4.78, 5) is 13.6. The second kappa shape index (κ2) is 20.9. The average Bonchev–Trinajstić information content (AvgIpc) is 3.12. The average molecular weight is 727 g/mol. The van der Waals surface area contributed by atoms with E-state index in [0.717, 1.165) is 29.5 Å². The second-order valence-corrected chi connectivity index (χ2v) is 15.2. The molecule has 0 amide bonds. The zero-order valence-electron chi connectivity index (χ0n) is 30.6. The predicted molar refractivity (Wildman–Crippen MR) is 195 cm³/mol. The lowest BCUT2D eigenvalue weighted by atomic mass is 9.95. The SMILES string of the molecule is CCCCOP(=O)(OCCCC)O[C@@H]1OC(COCc2ccccc2)[C@H](OCc2ccccc2)[C@@H](OCc2ccccc2)C1OC(=O)C(C)(C)C. The van der Waals surface area contributed by atoms with Gasteiger partial charge >= 0.3 is 13.8 Å². The van der Waals surface area contributed by atoms with Crippen molar-refractivity contribution in [3.05, 3.63) is 108 Å². The predicted octanol–water partition coefficient (Wildman–Crippen LogP) is 8.81. The van der Waals surface area contributed by atoms with Crippen LogP contribution >= 0.6 is 7.82 Å². The first-order valence-electron chi connectivity index (χ1n) is 18.0. The van der Waals surface area contributed by atoms with Crippen molar-refractivity contribution in [2.24, 2.45) is 5.41 Å². The van der Waals surface area contributed by atoms with Crippen molar-refractivity contribution in [1.82, 2.24) is 0 Å². The van der Waals surface area contributed by atoms with Crippen molar-refractivity contribution in [3.8, 4) is 0 Å². The number of hydrogen-bond donors (Lipinski definition) is 0. The van der Waals surface area contributed by atoms with E-state index in [2.05, 4.69) is 0 Å². The Balaban J connectivity index is 1.73. The van der Waals surface area contributed by atoms with E-state index < -0.39 is 49.9 Å². The zero-order chi connectivity index (χ0) is 36.5. The van der Waals surface area contributed by atoms with E-state index in [1.165, 1.54) is 0 Å². The summed E-state index contributed by atoms with van der Waals surface area (Å²) in [5, 5.41) is 0. The molecule has 280 valence electrons. The largest absolute Gasteiger partial charge is 0.477 e. The highest BCUT2D eigenvalue weighted by Crippen LogP contribution is 2.53. The van der Waals surface area contributed by atoms with Crippen LogP contribution in [0.3, 0.4) is 0 Å². The number of hydrogen-bond acceptors (Lipinski definition) is 10. The van der Waals surface area contributed by atoms with Crippen LogP contribution in [0.15, 0.2) is 91.0 Å². The summed E-state index contributed by atoms with van der Waals surface area (Å²) in [6.45, 7) is 10.3. The van der Waals surface area contributed by atoms with Gasteiger partial charge in [0.05, 0.1) is 45.1 Å². The molecule has 1 fully saturated rings. The van der Waals surface area contributed by atoms with Crippen molar-refractivity contribution in [3.63, 3.8) is 0 Å². The summed E-state index contributed by atoms with van der Waals surface area (Å²) in [5.74, 6) is -0.521. The molecule has 0 aromatic heterocycles. The molecule has 5 atom stereocenters. The first-order valence-corrected chi connectivity index (χ1v) is 19.4. The third-order valence-electron chi connectivity index (χ3n) is 8.14. The molecular formula is C40H55O10P. The van der Waals surface area contributed by atoms with Gasteiger partial charge < -0.3 is 23.7 Å². The number of rotatable bonds is 21. The fourth-order valence-corrected chi connectivity index (χ4v) is 6.51. The van der Waals surface area contributed by atoms with Gasteiger partial charge in [-0.3, -0.25) is 18.4 Å². The van der Waals surface area contributed by atoms with Crippen LogP contribution in [0.4, 0.5) is 0 Å². The van der Waals surface area contributed by atoms with E-state index >= 15 is 0 Å². The number of unbranched alkanes of at least 4 members (excludes halogenated alkanes) is 2. The third kappa shape index (κ3) is 13.5. The molecule has 0 bridgehead atoms. The topological polar surface area (TPSA) is 108 Å². The standard InChI is InChI=1S/C40H55O10P/c1-6-8-25-46-51(42,47-26-9-7-2)50-38-37(49-39(41)40(3,4)5)36(45-29-33-23-17-12-18-24-33)35(44-28-32-21-15-11-16-22-32)34(48-38)30-43-27-31-19-13-10-14-20-31/h10-24,34-38H,6-9,25-30H2,1-5H3/t34?,35-,36+,37?,38-/m0/s1. The summed E-state index contributed by atoms with van der Waals surface area (Å²) < 4.78 is 64.3. The van der Waals surface area contributed by atoms with Crippen molar-refractivity contribution < 1.29 is 46.6 Å². The molecule has 1 heterocycles. The first kappa shape index (κ1) is 40.8. The van der Waals surface area contributed by atoms with Crippen LogP contribution in [0.25, 0.3) is 0 Å². The second-order valence-electron chi connectivity index (χ2n) is 13.6. The van der Waals surface area contributed by atoms with Crippen LogP contribution in [-0.2, 0) is 66.4 Å². The third-order valence-corrected chi connectivity index (χ3v) is 9.60. The number of carbonyl (C=O) groups is 1. The van der Waals surface area contributed by atoms with Gasteiger partial charge in [-0.05, 0) is 50.3 Å². The number of carbonyl (C=O) groups excluding carboxylic acids is 1. The minimum absolute atomic E-state index is 0.0665. The van der Waals surface area contributed by atoms with Gasteiger partial charge in [-0.15, -0.1) is 0 Å². The maximum Gasteiger partial charge on any atom is 0.477 e. The Morgan fingerprint density at radius 1 is 0.686 bits per heavy atom. The van der Waals surface area contributed by atoms with Gasteiger partial charge in [0, 0.05) is 0 Å². The molecule has 4 rings (SSSR count). The Kier molecular flexibility index (Phi) is 16.8. The quantitative estimate of drug-likeness (QED) is 0.0600. The van der Waals surface area contributed by atoms with Crippen LogP contribution in [0.2, 0.25) is 0 Å². The van der Waals surface area contributed by atoms with Gasteiger partial charge in [-0.25, -0.2) is 4.57 Å². The lowest BCUT2D eigenvalue weighted by Crippen LogP contribution is -2.62. The molecule has 1 aliphatic heterocycles. The Labute approximate surface area is 303 Å². The van der Waals surface area contributed by atoms with E-state index in [0.29, 0.717) is 19.4 Å². The van der Waals surface area contributed by atoms with Crippen LogP contribution in [0.1, 0.15) is 77.0 Å². The van der Waals surface area contributed by atoms with E-state index in [-0.39, 0.29) is 33.0 Å². The van der Waals surface area contributed by atoms with Gasteiger partial charge in [0.2, 0.25) is 6.29 Å². The van der Waals surface area contributed by atoms with Crippen LogP contribution < -0.4 is 0 Å². The summed E-state index contributed by atoms with van der Waals surface area (Å²) in [7, 11) is -4.21. The Morgan fingerprint density at radius 2 is 1.16 bits per heavy atom. The molecule has 0 saturated carbocycles. The van der Waals surface area contributed by atoms with E-state index in [1.807, 2.05) is 105 Å². The summed E-state index contributed by atoms with van der Waals surface area (Å²) in [6.07, 6.45) is -2.24. The van der Waals surface area contributed by atoms with Crippen LogP contribution in [0, 0.1) is 5.41 Å². The van der Waals surface area contributed by atoms with E-state index in [1.54, 1.807) is 20.8 Å². The number of benzene rings is 3. The van der Waals surface area contributed by atoms with Gasteiger partial charge in [0.1, 0.15) is 18.3 Å². The lowest BCUT2D eigenvalue weighted by Gasteiger charge is -2.46. The molecule has 0 N–H and O–H groups in total. The van der Waals surface area contributed by atoms with Gasteiger partial charge in [0.15, 0.2) is 6.10 Å². The van der Waals surface area contributed by atoms with Crippen molar-refractivity contribution in [2.45, 2.75) is 111 Å². The molecule has 11 heteroatoms. The smallest absolute Gasteiger partial charge is 0.454 e. The monoisotopic (exact) mass is 726 g/mol. The highest BCUT2D eigenvalue weighted by atomic mass is 31.2. The van der Waals surface area contributed by atoms with Gasteiger partial charge in [0.25, 0.3) is 0 Å². The van der Waals surface area contributed by atoms with Crippen LogP contribution in [0.5, 0.6) is 0 Å². The normalized spacial score (nSPS) is 21.0. The summed E-state index contributed by atoms with van der Waals surface area (Å²) in [6, 6.07) is 29.2. The zero-order valence-corrected chi connectivity index (χ0v) is 31.5.